The highest BCUT2D eigenvalue weighted by atomic mass is 32.2. The second kappa shape index (κ2) is 15.8. The number of aromatic nitrogens is 1. The van der Waals surface area contributed by atoms with Crippen LogP contribution in [0.5, 0.6) is 5.75 Å². The second-order valence-corrected chi connectivity index (χ2v) is 18.1. The Labute approximate surface area is 286 Å². The molecule has 4 rings (SSSR count). The predicted octanol–water partition coefficient (Wildman–Crippen LogP) is 3.79. The van der Waals surface area contributed by atoms with E-state index in [1.54, 1.807) is 4.90 Å². The highest BCUT2D eigenvalue weighted by molar-refractivity contribution is 7.90. The number of benzene rings is 1. The molecule has 18 heteroatoms. The number of piperidine rings is 2. The summed E-state index contributed by atoms with van der Waals surface area (Å²) in [5, 5.41) is -0.778. The number of sulfonamides is 2. The van der Waals surface area contributed by atoms with Crippen molar-refractivity contribution in [1.82, 2.24) is 23.4 Å². The Balaban J connectivity index is 0.000000295. The molecule has 49 heavy (non-hydrogen) atoms. The topological polar surface area (TPSA) is 147 Å². The smallest absolute Gasteiger partial charge is 0.418 e. The van der Waals surface area contributed by atoms with Crippen molar-refractivity contribution in [3.63, 3.8) is 0 Å². The van der Waals surface area contributed by atoms with E-state index in [1.165, 1.54) is 66.1 Å². The Kier molecular flexibility index (Phi) is 12.9. The first-order valence-corrected chi connectivity index (χ1v) is 18.7. The summed E-state index contributed by atoms with van der Waals surface area (Å²) in [6, 6.07) is 5.06. The van der Waals surface area contributed by atoms with E-state index >= 15 is 0 Å². The van der Waals surface area contributed by atoms with Crippen molar-refractivity contribution >= 4 is 42.9 Å². The number of ether oxygens (including phenoxy) is 2. The Morgan fingerprint density at radius 1 is 0.837 bits per heavy atom. The van der Waals surface area contributed by atoms with Crippen molar-refractivity contribution in [1.29, 1.82) is 0 Å². The molecule has 13 nitrogen and oxygen atoms in total. The average molecular weight is 738 g/mol. The first-order chi connectivity index (χ1) is 22.6. The number of likely N-dealkylation sites (tertiary alicyclic amines) is 2. The standard InChI is InChI=1S/C19H22F3N3O4S.C12H24N2O4S/c1-24(2)30(27,28)13-7-10-25(11-8-13)17(26)12-29-16-6-9-23-18-14(16)4-3-5-15(18)19(20,21)22;1-12(2,3)18-11(15)14-8-6-10(7-9-14)19(16,17)13(4)5/h3-6,9,13H,7-8,10-12H2,1-2H3;10H,6-9H2,1-5H3. The SMILES string of the molecule is CN(C)S(=O)(=O)C1CCN(C(=O)COc2ccnc3c(C(F)(F)F)cccc23)CC1.CN(C)S(=O)(=O)C1CCN(C(=O)OC(C)(C)C)CC1. The minimum absolute atomic E-state index is 0.129. The van der Waals surface area contributed by atoms with E-state index in [9.17, 15) is 39.6 Å². The molecular formula is C31H46F3N5O8S2. The van der Waals surface area contributed by atoms with Gasteiger partial charge in [-0.15, -0.1) is 0 Å². The number of hydrogen-bond acceptors (Lipinski definition) is 9. The fraction of sp³-hybridized carbons (Fsp3) is 0.645. The van der Waals surface area contributed by atoms with Gasteiger partial charge in [0.05, 0.1) is 21.6 Å². The van der Waals surface area contributed by atoms with Crippen LogP contribution in [0.3, 0.4) is 0 Å². The molecule has 0 aliphatic carbocycles. The first-order valence-electron chi connectivity index (χ1n) is 15.7. The van der Waals surface area contributed by atoms with E-state index in [4.69, 9.17) is 9.47 Å². The van der Waals surface area contributed by atoms with Crippen LogP contribution in [0.1, 0.15) is 52.0 Å². The van der Waals surface area contributed by atoms with Crippen LogP contribution in [0.15, 0.2) is 30.5 Å². The van der Waals surface area contributed by atoms with Gasteiger partial charge in [-0.3, -0.25) is 9.78 Å². The second-order valence-electron chi connectivity index (χ2n) is 13.2. The van der Waals surface area contributed by atoms with Crippen LogP contribution in [0.4, 0.5) is 18.0 Å². The van der Waals surface area contributed by atoms with Crippen molar-refractivity contribution < 1.29 is 49.1 Å². The summed E-state index contributed by atoms with van der Waals surface area (Å²) in [6.07, 6.45) is -2.17. The molecule has 2 fully saturated rings. The van der Waals surface area contributed by atoms with Crippen molar-refractivity contribution in [2.75, 3.05) is 61.0 Å². The Bertz CT molecular complexity index is 1680. The molecule has 2 aromatic rings. The zero-order valence-electron chi connectivity index (χ0n) is 28.9. The van der Waals surface area contributed by atoms with E-state index in [-0.39, 0.29) is 48.3 Å². The number of nitrogens with zero attached hydrogens (tertiary/aromatic N) is 5. The number of hydrogen-bond donors (Lipinski definition) is 0. The van der Waals surface area contributed by atoms with Gasteiger partial charge in [-0.1, -0.05) is 6.07 Å². The van der Waals surface area contributed by atoms with Gasteiger partial charge >= 0.3 is 12.3 Å². The van der Waals surface area contributed by atoms with Gasteiger partial charge in [-0.2, -0.15) is 13.2 Å². The minimum Gasteiger partial charge on any atom is -0.483 e. The lowest BCUT2D eigenvalue weighted by Crippen LogP contribution is -2.46. The lowest BCUT2D eigenvalue weighted by atomic mass is 10.1. The van der Waals surface area contributed by atoms with Crippen LogP contribution >= 0.6 is 0 Å². The third kappa shape index (κ3) is 10.4. The number of amides is 2. The quantitative estimate of drug-likeness (QED) is 0.414. The van der Waals surface area contributed by atoms with Gasteiger partial charge in [-0.25, -0.2) is 30.2 Å². The van der Waals surface area contributed by atoms with Crippen LogP contribution in [0.2, 0.25) is 0 Å². The van der Waals surface area contributed by atoms with E-state index in [0.717, 1.165) is 6.07 Å². The Morgan fingerprint density at radius 2 is 1.33 bits per heavy atom. The van der Waals surface area contributed by atoms with Crippen LogP contribution < -0.4 is 4.74 Å². The van der Waals surface area contributed by atoms with Crippen LogP contribution in [-0.2, 0) is 35.8 Å². The predicted molar refractivity (Wildman–Crippen MR) is 178 cm³/mol. The maximum Gasteiger partial charge on any atom is 0.418 e. The molecule has 0 N–H and O–H groups in total. The van der Waals surface area contributed by atoms with Crippen molar-refractivity contribution in [3.05, 3.63) is 36.0 Å². The van der Waals surface area contributed by atoms with Gasteiger partial charge in [0.15, 0.2) is 6.61 Å². The summed E-state index contributed by atoms with van der Waals surface area (Å²) in [4.78, 5) is 31.2. The summed E-state index contributed by atoms with van der Waals surface area (Å²) in [5.41, 5.74) is -1.64. The van der Waals surface area contributed by atoms with Crippen LogP contribution in [-0.4, -0.2) is 129 Å². The molecule has 0 radical (unpaired) electrons. The van der Waals surface area contributed by atoms with Gasteiger partial charge in [0.1, 0.15) is 11.4 Å². The van der Waals surface area contributed by atoms with E-state index in [2.05, 4.69) is 4.98 Å². The largest absolute Gasteiger partial charge is 0.483 e. The fourth-order valence-electron chi connectivity index (χ4n) is 5.40. The molecule has 0 saturated carbocycles. The normalized spacial score (nSPS) is 17.2. The number of rotatable bonds is 7. The number of carbonyl (C=O) groups excluding carboxylic acids is 2. The van der Waals surface area contributed by atoms with Crippen molar-refractivity contribution in [2.45, 2.75) is 68.7 Å². The van der Waals surface area contributed by atoms with Crippen LogP contribution in [0, 0.1) is 0 Å². The third-order valence-electron chi connectivity index (χ3n) is 8.14. The molecule has 0 unspecified atom stereocenters. The Hall–Kier alpha value is -3.22. The average Bonchev–Trinajstić information content (AvgIpc) is 3.02. The van der Waals surface area contributed by atoms with Crippen molar-refractivity contribution in [3.8, 4) is 5.75 Å². The lowest BCUT2D eigenvalue weighted by molar-refractivity contribution is -0.136. The number of alkyl halides is 3. The molecule has 0 atom stereocenters. The number of carbonyl (C=O) groups is 2. The molecule has 3 heterocycles. The molecule has 2 amide bonds. The molecule has 2 saturated heterocycles. The summed E-state index contributed by atoms with van der Waals surface area (Å²) in [5.74, 6) is -0.225. The lowest BCUT2D eigenvalue weighted by Gasteiger charge is -2.34. The highest BCUT2D eigenvalue weighted by Gasteiger charge is 2.36. The molecule has 2 aliphatic rings. The van der Waals surface area contributed by atoms with E-state index < -0.39 is 47.9 Å². The zero-order valence-corrected chi connectivity index (χ0v) is 30.5. The fourth-order valence-corrected chi connectivity index (χ4v) is 8.20. The van der Waals surface area contributed by atoms with Crippen molar-refractivity contribution in [2.24, 2.45) is 0 Å². The molecule has 276 valence electrons. The Morgan fingerprint density at radius 3 is 1.78 bits per heavy atom. The van der Waals surface area contributed by atoms with Gasteiger partial charge < -0.3 is 19.3 Å². The molecule has 0 bridgehead atoms. The molecule has 2 aliphatic heterocycles. The highest BCUT2D eigenvalue weighted by Crippen LogP contribution is 2.36. The summed E-state index contributed by atoms with van der Waals surface area (Å²) >= 11 is 0. The maximum absolute atomic E-state index is 13.2. The number of halogens is 3. The number of pyridine rings is 1. The van der Waals surface area contributed by atoms with Gasteiger partial charge in [0, 0.05) is 66.0 Å². The summed E-state index contributed by atoms with van der Waals surface area (Å²) < 4.78 is 101. The monoisotopic (exact) mass is 737 g/mol. The number of fused-ring (bicyclic) bond motifs is 1. The van der Waals surface area contributed by atoms with Crippen LogP contribution in [0.25, 0.3) is 10.9 Å². The van der Waals surface area contributed by atoms with Gasteiger partial charge in [0.2, 0.25) is 20.0 Å². The summed E-state index contributed by atoms with van der Waals surface area (Å²) in [6.45, 7) is 6.47. The van der Waals surface area contributed by atoms with Gasteiger partial charge in [0.25, 0.3) is 5.91 Å². The first kappa shape index (κ1) is 40.2. The van der Waals surface area contributed by atoms with E-state index in [1.807, 2.05) is 20.8 Å². The summed E-state index contributed by atoms with van der Waals surface area (Å²) in [7, 11) is -0.582. The third-order valence-corrected chi connectivity index (χ3v) is 12.8. The molecule has 1 aromatic heterocycles. The van der Waals surface area contributed by atoms with Gasteiger partial charge in [-0.05, 0) is 64.7 Å². The molecule has 0 spiro atoms. The molecular weight excluding hydrogens is 691 g/mol. The zero-order chi connectivity index (χ0) is 36.9. The molecule has 1 aromatic carbocycles. The van der Waals surface area contributed by atoms with E-state index in [0.29, 0.717) is 38.8 Å². The number of para-hydroxylation sites is 1. The minimum atomic E-state index is -4.56. The maximum atomic E-state index is 13.2.